The summed E-state index contributed by atoms with van der Waals surface area (Å²) < 4.78 is 0. The molecular formula is C14H27Cl2N3OS. The van der Waals surface area contributed by atoms with Crippen LogP contribution >= 0.6 is 36.2 Å². The summed E-state index contributed by atoms with van der Waals surface area (Å²) in [5.74, 6) is 0.841. The van der Waals surface area contributed by atoms with Gasteiger partial charge in [-0.05, 0) is 12.3 Å². The van der Waals surface area contributed by atoms with Crippen molar-refractivity contribution in [1.82, 2.24) is 10.3 Å². The Morgan fingerprint density at radius 2 is 1.95 bits per heavy atom. The molecule has 0 aliphatic carbocycles. The monoisotopic (exact) mass is 355 g/mol. The van der Waals surface area contributed by atoms with Crippen molar-refractivity contribution in [3.63, 3.8) is 0 Å². The largest absolute Gasteiger partial charge is 0.354 e. The number of hydrogen-bond donors (Lipinski definition) is 2. The van der Waals surface area contributed by atoms with Gasteiger partial charge in [-0.2, -0.15) is 0 Å². The second-order valence-corrected chi connectivity index (χ2v) is 6.50. The molecule has 21 heavy (non-hydrogen) atoms. The van der Waals surface area contributed by atoms with Crippen molar-refractivity contribution in [2.24, 2.45) is 11.7 Å². The van der Waals surface area contributed by atoms with Crippen molar-refractivity contribution in [3.8, 4) is 0 Å². The second-order valence-electron chi connectivity index (χ2n) is 5.61. The predicted octanol–water partition coefficient (Wildman–Crippen LogP) is 3.14. The van der Waals surface area contributed by atoms with E-state index in [1.165, 1.54) is 0 Å². The summed E-state index contributed by atoms with van der Waals surface area (Å²) in [6.07, 6.45) is 1.49. The summed E-state index contributed by atoms with van der Waals surface area (Å²) in [5.41, 5.74) is 6.86. The molecule has 0 saturated carbocycles. The topological polar surface area (TPSA) is 68.0 Å². The van der Waals surface area contributed by atoms with Crippen LogP contribution in [0.5, 0.6) is 0 Å². The van der Waals surface area contributed by atoms with Gasteiger partial charge in [-0.25, -0.2) is 4.98 Å². The fourth-order valence-corrected chi connectivity index (χ4v) is 2.63. The van der Waals surface area contributed by atoms with Gasteiger partial charge in [-0.3, -0.25) is 4.79 Å². The fraction of sp³-hybridized carbons (Fsp3) is 0.714. The van der Waals surface area contributed by atoms with Gasteiger partial charge >= 0.3 is 0 Å². The Labute approximate surface area is 144 Å². The van der Waals surface area contributed by atoms with Gasteiger partial charge < -0.3 is 11.1 Å². The lowest BCUT2D eigenvalue weighted by Gasteiger charge is -2.13. The molecule has 0 aromatic carbocycles. The van der Waals surface area contributed by atoms with Crippen molar-refractivity contribution in [3.05, 3.63) is 16.1 Å². The van der Waals surface area contributed by atoms with Crippen LogP contribution < -0.4 is 11.1 Å². The van der Waals surface area contributed by atoms with Gasteiger partial charge in [0.15, 0.2) is 0 Å². The van der Waals surface area contributed by atoms with Crippen LogP contribution in [-0.4, -0.2) is 23.5 Å². The van der Waals surface area contributed by atoms with Crippen molar-refractivity contribution < 1.29 is 4.79 Å². The number of halogens is 2. The lowest BCUT2D eigenvalue weighted by atomic mass is 10.0. The molecule has 1 aromatic rings. The van der Waals surface area contributed by atoms with Gasteiger partial charge in [-0.1, -0.05) is 27.7 Å². The second kappa shape index (κ2) is 11.2. The molecule has 0 saturated heterocycles. The number of nitrogens with two attached hydrogens (primary N) is 1. The molecule has 0 radical (unpaired) electrons. The van der Waals surface area contributed by atoms with Gasteiger partial charge in [0.2, 0.25) is 5.91 Å². The maximum atomic E-state index is 11.7. The number of carbonyl (C=O) groups is 1. The van der Waals surface area contributed by atoms with Crippen LogP contribution in [0.15, 0.2) is 5.38 Å². The Kier molecular flexibility index (Phi) is 12.3. The minimum absolute atomic E-state index is 0. The Morgan fingerprint density at radius 1 is 1.33 bits per heavy atom. The highest BCUT2D eigenvalue weighted by molar-refractivity contribution is 7.09. The van der Waals surface area contributed by atoms with Crippen molar-refractivity contribution in [2.45, 2.75) is 52.5 Å². The molecule has 0 spiro atoms. The number of nitrogens with zero attached hydrogens (tertiary/aromatic N) is 1. The molecule has 3 N–H and O–H groups in total. The zero-order chi connectivity index (χ0) is 14.4. The van der Waals surface area contributed by atoms with E-state index in [1.54, 1.807) is 11.3 Å². The first-order valence-electron chi connectivity index (χ1n) is 6.87. The zero-order valence-electron chi connectivity index (χ0n) is 13.1. The predicted molar refractivity (Wildman–Crippen MR) is 94.8 cm³/mol. The highest BCUT2D eigenvalue weighted by atomic mass is 35.5. The molecule has 1 rings (SSSR count). The van der Waals surface area contributed by atoms with Crippen LogP contribution in [0, 0.1) is 5.92 Å². The molecule has 1 atom stereocenters. The van der Waals surface area contributed by atoms with E-state index in [2.05, 4.69) is 43.4 Å². The summed E-state index contributed by atoms with van der Waals surface area (Å²) in [6, 6.07) is -0.401. The Balaban J connectivity index is 0. The van der Waals surface area contributed by atoms with Crippen LogP contribution in [0.1, 0.15) is 50.7 Å². The van der Waals surface area contributed by atoms with E-state index in [0.29, 0.717) is 18.4 Å². The SMILES string of the molecule is CC(C)C[C@H](N)C(=O)NCCc1csc(C(C)C)n1.Cl.Cl. The first kappa shape index (κ1) is 22.9. The van der Waals surface area contributed by atoms with Gasteiger partial charge in [0.05, 0.1) is 16.7 Å². The maximum Gasteiger partial charge on any atom is 0.236 e. The summed E-state index contributed by atoms with van der Waals surface area (Å²) in [7, 11) is 0. The van der Waals surface area contributed by atoms with Crippen LogP contribution in [0.2, 0.25) is 0 Å². The summed E-state index contributed by atoms with van der Waals surface area (Å²) in [5, 5.41) is 6.09. The molecule has 7 heteroatoms. The molecule has 0 aliphatic rings. The number of aromatic nitrogens is 1. The Morgan fingerprint density at radius 3 is 2.43 bits per heavy atom. The van der Waals surface area contributed by atoms with Gasteiger partial charge in [0.1, 0.15) is 0 Å². The molecule has 124 valence electrons. The normalized spacial score (nSPS) is 11.8. The van der Waals surface area contributed by atoms with E-state index in [0.717, 1.165) is 23.5 Å². The van der Waals surface area contributed by atoms with Crippen molar-refractivity contribution in [2.75, 3.05) is 6.54 Å². The molecule has 0 unspecified atom stereocenters. The summed E-state index contributed by atoms with van der Waals surface area (Å²) in [4.78, 5) is 16.3. The van der Waals surface area contributed by atoms with E-state index in [9.17, 15) is 4.79 Å². The zero-order valence-corrected chi connectivity index (χ0v) is 15.5. The fourth-order valence-electron chi connectivity index (χ4n) is 1.76. The third-order valence-corrected chi connectivity index (χ3v) is 4.00. The number of hydrogen-bond acceptors (Lipinski definition) is 4. The molecule has 1 amide bonds. The third-order valence-electron chi connectivity index (χ3n) is 2.81. The number of thiazole rings is 1. The van der Waals surface area contributed by atoms with E-state index in [1.807, 2.05) is 0 Å². The molecule has 0 bridgehead atoms. The highest BCUT2D eigenvalue weighted by Gasteiger charge is 2.14. The smallest absolute Gasteiger partial charge is 0.236 e. The lowest BCUT2D eigenvalue weighted by Crippen LogP contribution is -2.42. The molecular weight excluding hydrogens is 329 g/mol. The summed E-state index contributed by atoms with van der Waals surface area (Å²) in [6.45, 7) is 9.00. The molecule has 4 nitrogen and oxygen atoms in total. The number of nitrogens with one attached hydrogen (secondary N) is 1. The van der Waals surface area contributed by atoms with Crippen LogP contribution in [0.25, 0.3) is 0 Å². The molecule has 0 fully saturated rings. The molecule has 1 heterocycles. The number of amides is 1. The number of rotatable bonds is 7. The van der Waals surface area contributed by atoms with Gasteiger partial charge in [0, 0.05) is 24.3 Å². The third kappa shape index (κ3) is 8.61. The Hall–Kier alpha value is -0.360. The first-order valence-corrected chi connectivity index (χ1v) is 7.75. The minimum atomic E-state index is -0.401. The van der Waals surface area contributed by atoms with Gasteiger partial charge in [-0.15, -0.1) is 36.2 Å². The van der Waals surface area contributed by atoms with Crippen LogP contribution in [-0.2, 0) is 11.2 Å². The van der Waals surface area contributed by atoms with Gasteiger partial charge in [0.25, 0.3) is 0 Å². The minimum Gasteiger partial charge on any atom is -0.354 e. The number of carbonyl (C=O) groups excluding carboxylic acids is 1. The highest BCUT2D eigenvalue weighted by Crippen LogP contribution is 2.19. The first-order chi connectivity index (χ1) is 8.90. The quantitative estimate of drug-likeness (QED) is 0.789. The van der Waals surface area contributed by atoms with E-state index >= 15 is 0 Å². The Bertz CT molecular complexity index is 411. The van der Waals surface area contributed by atoms with E-state index < -0.39 is 6.04 Å². The van der Waals surface area contributed by atoms with Crippen LogP contribution in [0.4, 0.5) is 0 Å². The summed E-state index contributed by atoms with van der Waals surface area (Å²) >= 11 is 1.68. The van der Waals surface area contributed by atoms with E-state index in [-0.39, 0.29) is 30.7 Å². The lowest BCUT2D eigenvalue weighted by molar-refractivity contribution is -0.122. The molecule has 1 aromatic heterocycles. The average molecular weight is 356 g/mol. The van der Waals surface area contributed by atoms with Crippen LogP contribution in [0.3, 0.4) is 0 Å². The molecule has 0 aliphatic heterocycles. The van der Waals surface area contributed by atoms with Crippen molar-refractivity contribution in [1.29, 1.82) is 0 Å². The average Bonchev–Trinajstić information content (AvgIpc) is 2.76. The van der Waals surface area contributed by atoms with Crippen molar-refractivity contribution >= 4 is 42.1 Å². The maximum absolute atomic E-state index is 11.7. The van der Waals surface area contributed by atoms with E-state index in [4.69, 9.17) is 5.73 Å². The standard InChI is InChI=1S/C14H25N3OS.2ClH/c1-9(2)7-12(15)13(18)16-6-5-11-8-19-14(17-11)10(3)4;;/h8-10,12H,5-7,15H2,1-4H3,(H,16,18);2*1H/t12-;;/m0../s1.